The van der Waals surface area contributed by atoms with Gasteiger partial charge in [0, 0.05) is 12.7 Å². The van der Waals surface area contributed by atoms with Crippen LogP contribution < -0.4 is 4.90 Å². The topological polar surface area (TPSA) is 3.24 Å². The largest absolute Gasteiger partial charge is 0.330 e. The van der Waals surface area contributed by atoms with Gasteiger partial charge in [0.25, 0.3) is 0 Å². The van der Waals surface area contributed by atoms with Crippen molar-refractivity contribution in [1.29, 1.82) is 0 Å². The number of thioether (sulfide) groups is 1. The highest BCUT2D eigenvalue weighted by molar-refractivity contribution is 8.23. The van der Waals surface area contributed by atoms with E-state index in [1.807, 2.05) is 30.1 Å². The van der Waals surface area contributed by atoms with Crippen LogP contribution in [0.15, 0.2) is 30.3 Å². The van der Waals surface area contributed by atoms with Gasteiger partial charge in [0.05, 0.1) is 0 Å². The second kappa shape index (κ2) is 5.25. The number of para-hydroxylation sites is 1. The van der Waals surface area contributed by atoms with Gasteiger partial charge in [0.2, 0.25) is 0 Å². The van der Waals surface area contributed by atoms with E-state index >= 15 is 0 Å². The highest BCUT2D eigenvalue weighted by Crippen LogP contribution is 2.16. The van der Waals surface area contributed by atoms with E-state index in [1.54, 1.807) is 11.8 Å². The molecule has 1 nitrogen and oxygen atoms in total. The lowest BCUT2D eigenvalue weighted by atomic mass is 10.3. The molecule has 1 aromatic rings. The van der Waals surface area contributed by atoms with Crippen molar-refractivity contribution in [3.8, 4) is 0 Å². The van der Waals surface area contributed by atoms with Crippen LogP contribution in [-0.2, 0) is 0 Å². The van der Waals surface area contributed by atoms with Crippen LogP contribution >= 0.6 is 24.0 Å². The van der Waals surface area contributed by atoms with Crippen LogP contribution in [-0.4, -0.2) is 17.1 Å². The molecule has 0 saturated carbocycles. The Hall–Kier alpha value is -0.540. The minimum Gasteiger partial charge on any atom is -0.330 e. The SMILES string of the molecule is CCSC(=S)N(C)c1ccccc1. The number of hydrogen-bond donors (Lipinski definition) is 0. The van der Waals surface area contributed by atoms with Crippen LogP contribution in [0.25, 0.3) is 0 Å². The van der Waals surface area contributed by atoms with E-state index in [1.165, 1.54) is 0 Å². The van der Waals surface area contributed by atoms with E-state index in [9.17, 15) is 0 Å². The van der Waals surface area contributed by atoms with Crippen molar-refractivity contribution in [1.82, 2.24) is 0 Å². The first-order valence-electron chi connectivity index (χ1n) is 4.21. The van der Waals surface area contributed by atoms with Gasteiger partial charge in [-0.05, 0) is 17.9 Å². The highest BCUT2D eigenvalue weighted by atomic mass is 32.2. The Morgan fingerprint density at radius 2 is 2.00 bits per heavy atom. The Kier molecular flexibility index (Phi) is 4.25. The summed E-state index contributed by atoms with van der Waals surface area (Å²) in [7, 11) is 2.00. The summed E-state index contributed by atoms with van der Waals surface area (Å²) in [5.74, 6) is 1.02. The second-order valence-corrected chi connectivity index (χ2v) is 4.49. The monoisotopic (exact) mass is 211 g/mol. The normalized spacial score (nSPS) is 9.69. The molecule has 0 aromatic heterocycles. The first-order valence-corrected chi connectivity index (χ1v) is 5.60. The van der Waals surface area contributed by atoms with Gasteiger partial charge in [0.1, 0.15) is 4.32 Å². The molecule has 0 amide bonds. The molecule has 0 fully saturated rings. The fraction of sp³-hybridized carbons (Fsp3) is 0.300. The van der Waals surface area contributed by atoms with E-state index in [-0.39, 0.29) is 0 Å². The van der Waals surface area contributed by atoms with Crippen molar-refractivity contribution < 1.29 is 0 Å². The third-order valence-electron chi connectivity index (χ3n) is 1.69. The lowest BCUT2D eigenvalue weighted by Gasteiger charge is -2.18. The summed E-state index contributed by atoms with van der Waals surface area (Å²) in [6.07, 6.45) is 0. The number of nitrogens with zero attached hydrogens (tertiary/aromatic N) is 1. The van der Waals surface area contributed by atoms with Crippen molar-refractivity contribution in [2.75, 3.05) is 17.7 Å². The molecule has 3 heteroatoms. The molecule has 0 unspecified atom stereocenters. The average Bonchev–Trinajstić information content (AvgIpc) is 2.18. The quantitative estimate of drug-likeness (QED) is 0.692. The highest BCUT2D eigenvalue weighted by Gasteiger charge is 2.04. The molecule has 0 spiro atoms. The third kappa shape index (κ3) is 3.01. The summed E-state index contributed by atoms with van der Waals surface area (Å²) in [5, 5.41) is 0. The molecule has 0 bridgehead atoms. The van der Waals surface area contributed by atoms with Crippen LogP contribution in [0.4, 0.5) is 5.69 Å². The maximum Gasteiger partial charge on any atom is 0.140 e. The van der Waals surface area contributed by atoms with Gasteiger partial charge in [-0.15, -0.1) is 0 Å². The summed E-state index contributed by atoms with van der Waals surface area (Å²) in [5.41, 5.74) is 1.15. The number of thiocarbonyl (C=S) groups is 1. The van der Waals surface area contributed by atoms with Crippen molar-refractivity contribution >= 4 is 34.0 Å². The van der Waals surface area contributed by atoms with E-state index in [0.717, 1.165) is 15.8 Å². The maximum atomic E-state index is 5.25. The van der Waals surface area contributed by atoms with Gasteiger partial charge < -0.3 is 4.90 Å². The van der Waals surface area contributed by atoms with Gasteiger partial charge in [-0.2, -0.15) is 0 Å². The maximum absolute atomic E-state index is 5.25. The molecule has 0 radical (unpaired) electrons. The van der Waals surface area contributed by atoms with Crippen molar-refractivity contribution in [3.63, 3.8) is 0 Å². The number of benzene rings is 1. The van der Waals surface area contributed by atoms with E-state index < -0.39 is 0 Å². The lowest BCUT2D eigenvalue weighted by molar-refractivity contribution is 1.31. The second-order valence-electron chi connectivity index (χ2n) is 2.59. The summed E-state index contributed by atoms with van der Waals surface area (Å²) in [6, 6.07) is 10.2. The number of rotatable bonds is 2. The lowest BCUT2D eigenvalue weighted by Crippen LogP contribution is -2.21. The summed E-state index contributed by atoms with van der Waals surface area (Å²) in [6.45, 7) is 2.11. The zero-order valence-corrected chi connectivity index (χ0v) is 9.49. The molecule has 0 heterocycles. The predicted octanol–water partition coefficient (Wildman–Crippen LogP) is 3.16. The van der Waals surface area contributed by atoms with E-state index in [2.05, 4.69) is 19.1 Å². The first kappa shape index (κ1) is 10.5. The molecule has 0 aliphatic carbocycles. The van der Waals surface area contributed by atoms with E-state index in [4.69, 9.17) is 12.2 Å². The van der Waals surface area contributed by atoms with Crippen LogP contribution in [0, 0.1) is 0 Å². The van der Waals surface area contributed by atoms with Crippen molar-refractivity contribution in [2.45, 2.75) is 6.92 Å². The molecule has 13 heavy (non-hydrogen) atoms. The van der Waals surface area contributed by atoms with Crippen LogP contribution in [0.2, 0.25) is 0 Å². The Bertz CT molecular complexity index is 272. The molecular formula is C10H13NS2. The predicted molar refractivity (Wildman–Crippen MR) is 65.6 cm³/mol. The number of hydrogen-bond acceptors (Lipinski definition) is 2. The third-order valence-corrected chi connectivity index (χ3v) is 3.12. The van der Waals surface area contributed by atoms with Crippen LogP contribution in [0.1, 0.15) is 6.92 Å². The van der Waals surface area contributed by atoms with Gasteiger partial charge in [-0.25, -0.2) is 0 Å². The Balaban J connectivity index is 2.68. The van der Waals surface area contributed by atoms with Crippen LogP contribution in [0.5, 0.6) is 0 Å². The molecule has 1 rings (SSSR count). The molecular weight excluding hydrogens is 198 g/mol. The zero-order chi connectivity index (χ0) is 9.68. The Morgan fingerprint density at radius 1 is 1.38 bits per heavy atom. The average molecular weight is 211 g/mol. The smallest absolute Gasteiger partial charge is 0.140 e. The Morgan fingerprint density at radius 3 is 2.54 bits per heavy atom. The minimum atomic E-state index is 0.925. The van der Waals surface area contributed by atoms with Gasteiger partial charge in [-0.1, -0.05) is 49.1 Å². The summed E-state index contributed by atoms with van der Waals surface area (Å²) in [4.78, 5) is 2.03. The molecule has 1 aromatic carbocycles. The molecule has 0 aliphatic rings. The molecule has 0 atom stereocenters. The molecule has 70 valence electrons. The van der Waals surface area contributed by atoms with E-state index in [0.29, 0.717) is 0 Å². The molecule has 0 saturated heterocycles. The zero-order valence-electron chi connectivity index (χ0n) is 7.86. The summed E-state index contributed by atoms with van der Waals surface area (Å²) >= 11 is 6.94. The first-order chi connectivity index (χ1) is 6.25. The molecule has 0 aliphatic heterocycles. The van der Waals surface area contributed by atoms with Crippen LogP contribution in [0.3, 0.4) is 0 Å². The van der Waals surface area contributed by atoms with Gasteiger partial charge >= 0.3 is 0 Å². The minimum absolute atomic E-state index is 0.925. The van der Waals surface area contributed by atoms with Crippen molar-refractivity contribution in [3.05, 3.63) is 30.3 Å². The Labute approximate surface area is 89.1 Å². The standard InChI is InChI=1S/C10H13NS2/c1-3-13-10(12)11(2)9-7-5-4-6-8-9/h4-8H,3H2,1-2H3. The van der Waals surface area contributed by atoms with Crippen molar-refractivity contribution in [2.24, 2.45) is 0 Å². The fourth-order valence-electron chi connectivity index (χ4n) is 0.977. The molecule has 0 N–H and O–H groups in total. The number of anilines is 1. The summed E-state index contributed by atoms with van der Waals surface area (Å²) < 4.78 is 0.925. The van der Waals surface area contributed by atoms with Gasteiger partial charge in [0.15, 0.2) is 0 Å². The van der Waals surface area contributed by atoms with Gasteiger partial charge in [-0.3, -0.25) is 0 Å². The fourth-order valence-corrected chi connectivity index (χ4v) is 1.98.